The van der Waals surface area contributed by atoms with E-state index in [2.05, 4.69) is 25.4 Å². The van der Waals surface area contributed by atoms with Crippen LogP contribution in [0, 0.1) is 5.82 Å². The lowest BCUT2D eigenvalue weighted by Gasteiger charge is -2.11. The smallest absolute Gasteiger partial charge is 0.261 e. The molecule has 0 amide bonds. The van der Waals surface area contributed by atoms with Crippen LogP contribution < -0.4 is 9.44 Å². The lowest BCUT2D eigenvalue weighted by molar-refractivity contribution is 0.597. The first-order valence-corrected chi connectivity index (χ1v) is 11.6. The van der Waals surface area contributed by atoms with Crippen LogP contribution in [0.5, 0.6) is 0 Å². The van der Waals surface area contributed by atoms with Crippen LogP contribution in [0.2, 0.25) is 0 Å². The molecule has 0 aliphatic carbocycles. The van der Waals surface area contributed by atoms with Gasteiger partial charge in [-0.1, -0.05) is 22.0 Å². The molecule has 0 saturated heterocycles. The van der Waals surface area contributed by atoms with Crippen LogP contribution in [0.4, 0.5) is 15.8 Å². The molecular formula is C18H14BrFN2O4S2. The van der Waals surface area contributed by atoms with Gasteiger partial charge in [0, 0.05) is 10.2 Å². The van der Waals surface area contributed by atoms with Crippen molar-refractivity contribution in [2.45, 2.75) is 9.79 Å². The molecule has 0 saturated carbocycles. The number of nitrogens with one attached hydrogen (secondary N) is 2. The summed E-state index contributed by atoms with van der Waals surface area (Å²) in [6, 6.07) is 16.2. The number of rotatable bonds is 6. The summed E-state index contributed by atoms with van der Waals surface area (Å²) in [5.41, 5.74) is 0.420. The summed E-state index contributed by atoms with van der Waals surface area (Å²) in [7, 11) is -7.92. The molecule has 0 bridgehead atoms. The van der Waals surface area contributed by atoms with Gasteiger partial charge in [-0.3, -0.25) is 9.44 Å². The van der Waals surface area contributed by atoms with Crippen LogP contribution in [0.3, 0.4) is 0 Å². The molecule has 0 unspecified atom stereocenters. The Kier molecular flexibility index (Phi) is 5.73. The molecule has 146 valence electrons. The number of hydrogen-bond donors (Lipinski definition) is 2. The average molecular weight is 485 g/mol. The van der Waals surface area contributed by atoms with E-state index in [1.165, 1.54) is 24.3 Å². The zero-order chi connectivity index (χ0) is 20.4. The van der Waals surface area contributed by atoms with Gasteiger partial charge in [0.05, 0.1) is 15.5 Å². The van der Waals surface area contributed by atoms with Crippen molar-refractivity contribution in [2.24, 2.45) is 0 Å². The third-order valence-corrected chi connectivity index (χ3v) is 6.92. The fraction of sp³-hybridized carbons (Fsp3) is 0. The van der Waals surface area contributed by atoms with Crippen molar-refractivity contribution in [3.63, 3.8) is 0 Å². The van der Waals surface area contributed by atoms with Crippen molar-refractivity contribution < 1.29 is 21.2 Å². The summed E-state index contributed by atoms with van der Waals surface area (Å²) in [5, 5.41) is 0. The monoisotopic (exact) mass is 484 g/mol. The van der Waals surface area contributed by atoms with Gasteiger partial charge in [-0.2, -0.15) is 0 Å². The normalized spacial score (nSPS) is 11.8. The third kappa shape index (κ3) is 4.89. The lowest BCUT2D eigenvalue weighted by atomic mass is 10.3. The Morgan fingerprint density at radius 2 is 1.25 bits per heavy atom. The van der Waals surface area contributed by atoms with Crippen LogP contribution >= 0.6 is 15.9 Å². The van der Waals surface area contributed by atoms with Gasteiger partial charge in [0.25, 0.3) is 20.0 Å². The summed E-state index contributed by atoms with van der Waals surface area (Å²) in [6.45, 7) is 0. The Morgan fingerprint density at radius 1 is 0.679 bits per heavy atom. The van der Waals surface area contributed by atoms with Crippen LogP contribution in [0.25, 0.3) is 0 Å². The molecule has 0 fully saturated rings. The van der Waals surface area contributed by atoms with Gasteiger partial charge < -0.3 is 0 Å². The van der Waals surface area contributed by atoms with Crippen molar-refractivity contribution in [2.75, 3.05) is 9.44 Å². The fourth-order valence-electron chi connectivity index (χ4n) is 2.29. The molecule has 3 aromatic rings. The molecule has 3 rings (SSSR count). The first kappa shape index (κ1) is 20.3. The van der Waals surface area contributed by atoms with Crippen molar-refractivity contribution in [3.05, 3.63) is 83.1 Å². The SMILES string of the molecule is O=S(=O)(Nc1cccc(S(=O)(=O)Nc2ccc(Br)cc2)c1)c1ccc(F)cc1. The second-order valence-electron chi connectivity index (χ2n) is 5.70. The summed E-state index contributed by atoms with van der Waals surface area (Å²) < 4.78 is 68.4. The van der Waals surface area contributed by atoms with Gasteiger partial charge in [-0.25, -0.2) is 21.2 Å². The zero-order valence-corrected chi connectivity index (χ0v) is 17.4. The highest BCUT2D eigenvalue weighted by Crippen LogP contribution is 2.22. The topological polar surface area (TPSA) is 92.3 Å². The molecule has 0 heterocycles. The van der Waals surface area contributed by atoms with Gasteiger partial charge in [0.2, 0.25) is 0 Å². The van der Waals surface area contributed by atoms with Gasteiger partial charge in [-0.15, -0.1) is 0 Å². The molecule has 0 atom stereocenters. The van der Waals surface area contributed by atoms with E-state index in [4.69, 9.17) is 0 Å². The molecule has 3 aromatic carbocycles. The molecule has 6 nitrogen and oxygen atoms in total. The highest BCUT2D eigenvalue weighted by Gasteiger charge is 2.18. The second-order valence-corrected chi connectivity index (χ2v) is 9.98. The maximum atomic E-state index is 13.0. The molecule has 10 heteroatoms. The molecule has 0 spiro atoms. The van der Waals surface area contributed by atoms with E-state index in [9.17, 15) is 21.2 Å². The molecular weight excluding hydrogens is 471 g/mol. The maximum Gasteiger partial charge on any atom is 0.261 e. The first-order chi connectivity index (χ1) is 13.2. The van der Waals surface area contributed by atoms with E-state index in [0.29, 0.717) is 5.69 Å². The minimum Gasteiger partial charge on any atom is -0.280 e. The van der Waals surface area contributed by atoms with Crippen molar-refractivity contribution >= 4 is 47.4 Å². The largest absolute Gasteiger partial charge is 0.280 e. The minimum absolute atomic E-state index is 0.0583. The molecule has 0 aliphatic rings. The van der Waals surface area contributed by atoms with E-state index >= 15 is 0 Å². The standard InChI is InChI=1S/C18H14BrFN2O4S2/c19-13-4-8-15(9-5-13)21-28(25,26)18-3-1-2-16(12-18)22-27(23,24)17-10-6-14(20)7-11-17/h1-12,21-22H. The Morgan fingerprint density at radius 3 is 1.89 bits per heavy atom. The van der Waals surface area contributed by atoms with Crippen LogP contribution in [0.1, 0.15) is 0 Å². The second kappa shape index (κ2) is 7.90. The summed E-state index contributed by atoms with van der Waals surface area (Å²) in [6.07, 6.45) is 0. The predicted octanol–water partition coefficient (Wildman–Crippen LogP) is 4.19. The number of halogens is 2. The number of anilines is 2. The summed E-state index contributed by atoms with van der Waals surface area (Å²) in [4.78, 5) is -0.259. The molecule has 0 radical (unpaired) electrons. The Balaban J connectivity index is 1.85. The first-order valence-electron chi connectivity index (χ1n) is 7.83. The Bertz CT molecular complexity index is 1200. The highest BCUT2D eigenvalue weighted by molar-refractivity contribution is 9.10. The molecule has 2 N–H and O–H groups in total. The molecule has 0 aromatic heterocycles. The van der Waals surface area contributed by atoms with Crippen LogP contribution in [-0.4, -0.2) is 16.8 Å². The minimum atomic E-state index is -3.99. The van der Waals surface area contributed by atoms with E-state index in [-0.39, 0.29) is 15.5 Å². The predicted molar refractivity (Wildman–Crippen MR) is 109 cm³/mol. The lowest BCUT2D eigenvalue weighted by Crippen LogP contribution is -2.15. The molecule has 28 heavy (non-hydrogen) atoms. The third-order valence-electron chi connectivity index (χ3n) is 3.62. The average Bonchev–Trinajstić information content (AvgIpc) is 2.64. The van der Waals surface area contributed by atoms with E-state index in [1.54, 1.807) is 24.3 Å². The number of sulfonamides is 2. The van der Waals surface area contributed by atoms with E-state index < -0.39 is 25.9 Å². The van der Waals surface area contributed by atoms with E-state index in [0.717, 1.165) is 28.7 Å². The van der Waals surface area contributed by atoms with E-state index in [1.807, 2.05) is 0 Å². The zero-order valence-electron chi connectivity index (χ0n) is 14.1. The summed E-state index contributed by atoms with van der Waals surface area (Å²) in [5.74, 6) is -0.564. The van der Waals surface area contributed by atoms with Crippen LogP contribution in [0.15, 0.2) is 87.1 Å². The Hall–Kier alpha value is -2.43. The van der Waals surface area contributed by atoms with Crippen molar-refractivity contribution in [1.82, 2.24) is 0 Å². The number of hydrogen-bond acceptors (Lipinski definition) is 4. The van der Waals surface area contributed by atoms with Gasteiger partial charge in [0.15, 0.2) is 0 Å². The van der Waals surface area contributed by atoms with Crippen LogP contribution in [-0.2, 0) is 20.0 Å². The fourth-order valence-corrected chi connectivity index (χ4v) is 4.70. The van der Waals surface area contributed by atoms with Gasteiger partial charge in [0.1, 0.15) is 5.82 Å². The highest BCUT2D eigenvalue weighted by atomic mass is 79.9. The summed E-state index contributed by atoms with van der Waals surface area (Å²) >= 11 is 3.27. The van der Waals surface area contributed by atoms with Gasteiger partial charge >= 0.3 is 0 Å². The molecule has 0 aliphatic heterocycles. The quantitative estimate of drug-likeness (QED) is 0.548. The van der Waals surface area contributed by atoms with Crippen molar-refractivity contribution in [1.29, 1.82) is 0 Å². The Labute approximate surface area is 170 Å². The van der Waals surface area contributed by atoms with Crippen molar-refractivity contribution in [3.8, 4) is 0 Å². The van der Waals surface area contributed by atoms with Gasteiger partial charge in [-0.05, 0) is 66.7 Å². The number of benzene rings is 3. The maximum absolute atomic E-state index is 13.0.